The van der Waals surface area contributed by atoms with E-state index in [1.54, 1.807) is 10.2 Å². The minimum atomic E-state index is 0. The van der Waals surface area contributed by atoms with Crippen LogP contribution in [0.2, 0.25) is 0 Å². The van der Waals surface area contributed by atoms with Crippen LogP contribution >= 0.6 is 25.0 Å². The molecule has 1 heterocycles. The molecular formula is C11H13Br2NS. The summed E-state index contributed by atoms with van der Waals surface area (Å²) in [4.78, 5) is 0. The van der Waals surface area contributed by atoms with Gasteiger partial charge in [0.1, 0.15) is 13.1 Å². The van der Waals surface area contributed by atoms with Crippen LogP contribution in [0.25, 0.3) is 0 Å². The lowest BCUT2D eigenvalue weighted by molar-refractivity contribution is -0.502. The summed E-state index contributed by atoms with van der Waals surface area (Å²) in [6.45, 7) is 2.39. The van der Waals surface area contributed by atoms with Gasteiger partial charge in [-0.15, -0.1) is 0 Å². The second-order valence-corrected chi connectivity index (χ2v) is 4.95. The van der Waals surface area contributed by atoms with Crippen molar-refractivity contribution in [3.63, 3.8) is 0 Å². The van der Waals surface area contributed by atoms with E-state index >= 15 is 0 Å². The maximum Gasteiger partial charge on any atom is 0.253 e. The van der Waals surface area contributed by atoms with Gasteiger partial charge in [-0.1, -0.05) is 18.2 Å². The van der Waals surface area contributed by atoms with Gasteiger partial charge in [-0.25, -0.2) is 4.58 Å². The van der Waals surface area contributed by atoms with E-state index in [0.29, 0.717) is 0 Å². The summed E-state index contributed by atoms with van der Waals surface area (Å²) in [6.07, 6.45) is 2.65. The van der Waals surface area contributed by atoms with E-state index in [-0.39, 0.29) is 17.0 Å². The summed E-state index contributed by atoms with van der Waals surface area (Å²) in [5.41, 5.74) is 1.32. The third-order valence-electron chi connectivity index (χ3n) is 2.49. The molecular weight excluding hydrogens is 338 g/mol. The quantitative estimate of drug-likeness (QED) is 0.519. The first-order chi connectivity index (χ1) is 6.92. The normalized spacial score (nSPS) is 14.9. The summed E-state index contributed by atoms with van der Waals surface area (Å²) in [7, 11) is 1.68. The largest absolute Gasteiger partial charge is 1.00 e. The molecule has 4 heteroatoms. The molecule has 0 atom stereocenters. The molecule has 1 aliphatic rings. The van der Waals surface area contributed by atoms with Crippen molar-refractivity contribution in [1.82, 2.24) is 0 Å². The zero-order chi connectivity index (χ0) is 9.80. The molecule has 0 spiro atoms. The van der Waals surface area contributed by atoms with Crippen LogP contribution < -0.4 is 17.0 Å². The van der Waals surface area contributed by atoms with E-state index in [4.69, 9.17) is 0 Å². The minimum absolute atomic E-state index is 0. The van der Waals surface area contributed by atoms with E-state index in [1.807, 2.05) is 0 Å². The minimum Gasteiger partial charge on any atom is -1.00 e. The Bertz CT molecular complexity index is 330. The molecule has 1 aromatic carbocycles. The molecule has 1 nitrogen and oxygen atoms in total. The van der Waals surface area contributed by atoms with Gasteiger partial charge in [0.25, 0.3) is 5.04 Å². The zero-order valence-electron chi connectivity index (χ0n) is 8.33. The number of benzene rings is 1. The van der Waals surface area contributed by atoms with Crippen molar-refractivity contribution in [2.45, 2.75) is 12.8 Å². The molecule has 1 aromatic rings. The number of hydrogen-bond donors (Lipinski definition) is 0. The highest BCUT2D eigenvalue weighted by molar-refractivity contribution is 9.52. The molecule has 0 bridgehead atoms. The Morgan fingerprint density at radius 2 is 1.73 bits per heavy atom. The second kappa shape index (κ2) is 6.71. The Balaban J connectivity index is 0.00000112. The Morgan fingerprint density at radius 3 is 2.27 bits per heavy atom. The van der Waals surface area contributed by atoms with Crippen molar-refractivity contribution in [1.29, 1.82) is 0 Å². The van der Waals surface area contributed by atoms with Crippen molar-refractivity contribution in [3.05, 3.63) is 35.9 Å². The molecule has 0 unspecified atom stereocenters. The molecule has 1 saturated heterocycles. The van der Waals surface area contributed by atoms with Crippen molar-refractivity contribution < 1.29 is 21.6 Å². The standard InChI is InChI=1S/C11H13BrNS.BrH/c12-14-11(13-8-4-5-9-13)10-6-2-1-3-7-10;/h1-3,6-7H,4-5,8-9H2;1H/q+1;/p-1. The van der Waals surface area contributed by atoms with Crippen molar-refractivity contribution in [2.24, 2.45) is 0 Å². The first kappa shape index (κ1) is 13.3. The summed E-state index contributed by atoms with van der Waals surface area (Å²) >= 11 is 3.50. The Hall–Kier alpha value is 0.200. The lowest BCUT2D eigenvalue weighted by Crippen LogP contribution is -3.00. The number of rotatable bonds is 1. The van der Waals surface area contributed by atoms with Gasteiger partial charge >= 0.3 is 0 Å². The van der Waals surface area contributed by atoms with Gasteiger partial charge in [-0.3, -0.25) is 0 Å². The summed E-state index contributed by atoms with van der Waals surface area (Å²) in [5.74, 6) is 0. The van der Waals surface area contributed by atoms with Crippen molar-refractivity contribution >= 4 is 30.1 Å². The maximum absolute atomic E-state index is 3.50. The molecule has 0 saturated carbocycles. The van der Waals surface area contributed by atoms with E-state index in [1.165, 1.54) is 36.5 Å². The molecule has 15 heavy (non-hydrogen) atoms. The summed E-state index contributed by atoms with van der Waals surface area (Å²) < 4.78 is 2.45. The van der Waals surface area contributed by atoms with Crippen LogP contribution in [-0.4, -0.2) is 22.7 Å². The molecule has 0 radical (unpaired) electrons. The summed E-state index contributed by atoms with van der Waals surface area (Å²) in [6, 6.07) is 10.6. The van der Waals surface area contributed by atoms with Crippen LogP contribution in [0.5, 0.6) is 0 Å². The molecule has 1 fully saturated rings. The van der Waals surface area contributed by atoms with Gasteiger partial charge in [0.05, 0.1) is 5.56 Å². The average Bonchev–Trinajstić information content (AvgIpc) is 2.74. The van der Waals surface area contributed by atoms with Crippen molar-refractivity contribution in [3.8, 4) is 0 Å². The van der Waals surface area contributed by atoms with Gasteiger partial charge in [0.15, 0.2) is 0 Å². The molecule has 82 valence electrons. The number of halogens is 2. The van der Waals surface area contributed by atoms with Crippen LogP contribution in [0.4, 0.5) is 0 Å². The second-order valence-electron chi connectivity index (χ2n) is 3.44. The molecule has 0 aromatic heterocycles. The number of nitrogens with zero attached hydrogens (tertiary/aromatic N) is 1. The predicted octanol–water partition coefficient (Wildman–Crippen LogP) is 0.287. The molecule has 0 aliphatic carbocycles. The maximum atomic E-state index is 3.50. The fourth-order valence-corrected chi connectivity index (χ4v) is 3.46. The Morgan fingerprint density at radius 1 is 1.13 bits per heavy atom. The average molecular weight is 351 g/mol. The van der Waals surface area contributed by atoms with Crippen LogP contribution in [0, 0.1) is 0 Å². The van der Waals surface area contributed by atoms with Crippen molar-refractivity contribution in [2.75, 3.05) is 13.1 Å². The lowest BCUT2D eigenvalue weighted by atomic mass is 10.2. The van der Waals surface area contributed by atoms with Crippen LogP contribution in [-0.2, 0) is 0 Å². The highest BCUT2D eigenvalue weighted by atomic mass is 79.9. The van der Waals surface area contributed by atoms with Crippen LogP contribution in [0.3, 0.4) is 0 Å². The number of hydrogen-bond acceptors (Lipinski definition) is 1. The van der Waals surface area contributed by atoms with Crippen LogP contribution in [0.15, 0.2) is 30.3 Å². The van der Waals surface area contributed by atoms with E-state index in [9.17, 15) is 0 Å². The van der Waals surface area contributed by atoms with E-state index < -0.39 is 0 Å². The van der Waals surface area contributed by atoms with Gasteiger partial charge < -0.3 is 17.0 Å². The highest BCUT2D eigenvalue weighted by Gasteiger charge is 2.20. The van der Waals surface area contributed by atoms with Gasteiger partial charge in [-0.05, 0) is 12.1 Å². The van der Waals surface area contributed by atoms with Gasteiger partial charge in [0, 0.05) is 37.8 Å². The smallest absolute Gasteiger partial charge is 0.253 e. The fourth-order valence-electron chi connectivity index (χ4n) is 1.78. The third-order valence-corrected chi connectivity index (χ3v) is 4.05. The topological polar surface area (TPSA) is 3.01 Å². The molecule has 0 amide bonds. The summed E-state index contributed by atoms with van der Waals surface area (Å²) in [5, 5.41) is 1.35. The Labute approximate surface area is 113 Å². The highest BCUT2D eigenvalue weighted by Crippen LogP contribution is 2.21. The molecule has 2 rings (SSSR count). The molecule has 0 N–H and O–H groups in total. The lowest BCUT2D eigenvalue weighted by Gasteiger charge is -2.01. The third kappa shape index (κ3) is 3.33. The monoisotopic (exact) mass is 349 g/mol. The van der Waals surface area contributed by atoms with Gasteiger partial charge in [0.2, 0.25) is 0 Å². The Kier molecular flexibility index (Phi) is 5.94. The fraction of sp³-hybridized carbons (Fsp3) is 0.364. The van der Waals surface area contributed by atoms with E-state index in [0.717, 1.165) is 0 Å². The molecule has 1 aliphatic heterocycles. The predicted molar refractivity (Wildman–Crippen MR) is 66.3 cm³/mol. The SMILES string of the molecule is BrSC(c1ccccc1)=[N+]1CCCC1.[Br-]. The van der Waals surface area contributed by atoms with E-state index in [2.05, 4.69) is 49.7 Å². The zero-order valence-corrected chi connectivity index (χ0v) is 12.3. The van der Waals surface area contributed by atoms with Gasteiger partial charge in [-0.2, -0.15) is 0 Å². The first-order valence-electron chi connectivity index (χ1n) is 4.88. The first-order valence-corrected chi connectivity index (χ1v) is 7.53. The van der Waals surface area contributed by atoms with Crippen LogP contribution in [0.1, 0.15) is 18.4 Å².